The van der Waals surface area contributed by atoms with Crippen LogP contribution in [-0.2, 0) is 12.8 Å². The molecular formula is C32H48N4O4. The van der Waals surface area contributed by atoms with Gasteiger partial charge in [0.05, 0.1) is 12.2 Å². The fourth-order valence-corrected chi connectivity index (χ4v) is 6.49. The Bertz CT molecular complexity index is 1140. The molecule has 2 saturated carbocycles. The molecule has 220 valence electrons. The standard InChI is InChI=1S/2C16H24N2O2/c2*1-15(2,3)7-10-6-11-12(17)8-16(5-4-13(16)19)20-14(11)18-9-10/h2*6,9,12-13,19H,4-5,7-8,17H2,1-3H3/t12-,13+,16-;12-,13-,16+/m00/s1. The molecule has 4 heterocycles. The van der Waals surface area contributed by atoms with E-state index in [-0.39, 0.29) is 22.9 Å². The van der Waals surface area contributed by atoms with Crippen molar-refractivity contribution in [2.24, 2.45) is 22.3 Å². The molecule has 8 nitrogen and oxygen atoms in total. The number of fused-ring (bicyclic) bond motifs is 2. The molecule has 6 atom stereocenters. The molecule has 2 spiro atoms. The first-order chi connectivity index (χ1) is 18.6. The number of hydrogen-bond donors (Lipinski definition) is 4. The first-order valence-electron chi connectivity index (χ1n) is 14.8. The molecule has 2 aromatic rings. The smallest absolute Gasteiger partial charge is 0.218 e. The number of ether oxygens (including phenoxy) is 2. The molecule has 0 saturated heterocycles. The van der Waals surface area contributed by atoms with Crippen LogP contribution in [0.1, 0.15) is 114 Å². The molecule has 6 N–H and O–H groups in total. The molecule has 4 aliphatic rings. The number of hydrogen-bond acceptors (Lipinski definition) is 8. The van der Waals surface area contributed by atoms with E-state index in [9.17, 15) is 10.2 Å². The molecule has 0 aromatic carbocycles. The Hall–Kier alpha value is -2.26. The molecular weight excluding hydrogens is 504 g/mol. The first-order valence-corrected chi connectivity index (χ1v) is 14.8. The summed E-state index contributed by atoms with van der Waals surface area (Å²) in [5.41, 5.74) is 16.4. The van der Waals surface area contributed by atoms with E-state index in [4.69, 9.17) is 20.9 Å². The van der Waals surface area contributed by atoms with Crippen LogP contribution in [0.3, 0.4) is 0 Å². The highest BCUT2D eigenvalue weighted by atomic mass is 16.5. The summed E-state index contributed by atoms with van der Waals surface area (Å²) in [6.07, 6.45) is 9.57. The van der Waals surface area contributed by atoms with Crippen molar-refractivity contribution in [1.82, 2.24) is 9.97 Å². The van der Waals surface area contributed by atoms with Crippen molar-refractivity contribution < 1.29 is 19.7 Å². The van der Waals surface area contributed by atoms with Crippen LogP contribution in [0, 0.1) is 10.8 Å². The van der Waals surface area contributed by atoms with E-state index in [1.165, 1.54) is 11.1 Å². The van der Waals surface area contributed by atoms with E-state index in [0.29, 0.717) is 24.6 Å². The summed E-state index contributed by atoms with van der Waals surface area (Å²) < 4.78 is 12.0. The van der Waals surface area contributed by atoms with Gasteiger partial charge in [-0.15, -0.1) is 0 Å². The van der Waals surface area contributed by atoms with Crippen LogP contribution in [0.5, 0.6) is 11.8 Å². The van der Waals surface area contributed by atoms with Crippen molar-refractivity contribution in [2.45, 2.75) is 128 Å². The number of aliphatic hydroxyl groups is 2. The highest BCUT2D eigenvalue weighted by Crippen LogP contribution is 2.49. The summed E-state index contributed by atoms with van der Waals surface area (Å²) in [7, 11) is 0. The third-order valence-corrected chi connectivity index (χ3v) is 8.77. The molecule has 0 unspecified atom stereocenters. The largest absolute Gasteiger partial charge is 0.468 e. The SMILES string of the molecule is CC(C)(C)Cc1cnc2c(c1)[C@@H](N)C[C@@]1(CC[C@@H]1O)O2.CC(C)(C)Cc1cnc2c(c1)[C@@H](N)C[C@]1(CC[C@H]1O)O2. The van der Waals surface area contributed by atoms with Gasteiger partial charge in [-0.05, 0) is 72.6 Å². The van der Waals surface area contributed by atoms with Crippen molar-refractivity contribution in [3.8, 4) is 11.8 Å². The van der Waals surface area contributed by atoms with E-state index >= 15 is 0 Å². The van der Waals surface area contributed by atoms with Gasteiger partial charge in [-0.1, -0.05) is 41.5 Å². The number of nitrogens with two attached hydrogens (primary N) is 2. The Balaban J connectivity index is 0.000000161. The zero-order valence-electron chi connectivity index (χ0n) is 25.0. The molecule has 6 rings (SSSR count). The van der Waals surface area contributed by atoms with Gasteiger partial charge in [0, 0.05) is 48.4 Å². The van der Waals surface area contributed by atoms with Crippen molar-refractivity contribution in [3.63, 3.8) is 0 Å². The van der Waals surface area contributed by atoms with Gasteiger partial charge in [-0.3, -0.25) is 0 Å². The Morgan fingerprint density at radius 3 is 1.40 bits per heavy atom. The minimum Gasteiger partial charge on any atom is -0.468 e. The highest BCUT2D eigenvalue weighted by molar-refractivity contribution is 5.38. The van der Waals surface area contributed by atoms with Crippen LogP contribution in [0.25, 0.3) is 0 Å². The molecule has 0 bridgehead atoms. The molecule has 2 fully saturated rings. The second kappa shape index (κ2) is 10.2. The monoisotopic (exact) mass is 552 g/mol. The van der Waals surface area contributed by atoms with Gasteiger partial charge in [0.2, 0.25) is 11.8 Å². The van der Waals surface area contributed by atoms with Crippen LogP contribution < -0.4 is 20.9 Å². The van der Waals surface area contributed by atoms with Crippen LogP contribution >= 0.6 is 0 Å². The first kappa shape index (κ1) is 29.2. The number of aromatic nitrogens is 2. The quantitative estimate of drug-likeness (QED) is 0.421. The average Bonchev–Trinajstić information content (AvgIpc) is 2.86. The average molecular weight is 553 g/mol. The van der Waals surface area contributed by atoms with E-state index in [1.807, 2.05) is 12.4 Å². The fourth-order valence-electron chi connectivity index (χ4n) is 6.49. The number of nitrogens with zero attached hydrogens (tertiary/aromatic N) is 2. The molecule has 0 radical (unpaired) electrons. The number of rotatable bonds is 2. The normalized spacial score (nSPS) is 32.5. The van der Waals surface area contributed by atoms with Gasteiger partial charge in [0.25, 0.3) is 0 Å². The van der Waals surface area contributed by atoms with Gasteiger partial charge >= 0.3 is 0 Å². The summed E-state index contributed by atoms with van der Waals surface area (Å²) in [6, 6.07) is 4.05. The number of pyridine rings is 2. The van der Waals surface area contributed by atoms with Crippen molar-refractivity contribution >= 4 is 0 Å². The zero-order chi connectivity index (χ0) is 29.1. The molecule has 2 aromatic heterocycles. The molecule has 2 aliphatic heterocycles. The predicted molar refractivity (Wildman–Crippen MR) is 155 cm³/mol. The van der Waals surface area contributed by atoms with Crippen LogP contribution in [0.2, 0.25) is 0 Å². The highest BCUT2D eigenvalue weighted by Gasteiger charge is 2.53. The fraction of sp³-hybridized carbons (Fsp3) is 0.688. The van der Waals surface area contributed by atoms with E-state index in [1.54, 1.807) is 0 Å². The van der Waals surface area contributed by atoms with Crippen molar-refractivity contribution in [3.05, 3.63) is 46.8 Å². The lowest BCUT2D eigenvalue weighted by Gasteiger charge is -2.50. The van der Waals surface area contributed by atoms with Crippen LogP contribution in [0.4, 0.5) is 0 Å². The van der Waals surface area contributed by atoms with E-state index in [0.717, 1.165) is 49.7 Å². The summed E-state index contributed by atoms with van der Waals surface area (Å²) in [5.74, 6) is 1.22. The van der Waals surface area contributed by atoms with Gasteiger partial charge in [-0.25, -0.2) is 9.97 Å². The van der Waals surface area contributed by atoms with Gasteiger partial charge in [-0.2, -0.15) is 0 Å². The lowest BCUT2D eigenvalue weighted by Crippen LogP contribution is -2.59. The van der Waals surface area contributed by atoms with Crippen molar-refractivity contribution in [2.75, 3.05) is 0 Å². The second-order valence-electron chi connectivity index (χ2n) is 15.0. The Labute approximate surface area is 238 Å². The molecule has 8 heteroatoms. The summed E-state index contributed by atoms with van der Waals surface area (Å²) in [6.45, 7) is 13.3. The lowest BCUT2D eigenvalue weighted by molar-refractivity contribution is -0.142. The Kier molecular flexibility index (Phi) is 7.48. The topological polar surface area (TPSA) is 137 Å². The summed E-state index contributed by atoms with van der Waals surface area (Å²) in [4.78, 5) is 8.90. The minimum atomic E-state index is -0.481. The summed E-state index contributed by atoms with van der Waals surface area (Å²) in [5, 5.41) is 19.9. The maximum Gasteiger partial charge on any atom is 0.218 e. The third-order valence-electron chi connectivity index (χ3n) is 8.77. The Morgan fingerprint density at radius 1 is 0.750 bits per heavy atom. The van der Waals surface area contributed by atoms with Crippen LogP contribution in [-0.4, -0.2) is 43.6 Å². The second-order valence-corrected chi connectivity index (χ2v) is 15.0. The maximum absolute atomic E-state index is 9.97. The van der Waals surface area contributed by atoms with Gasteiger partial charge in [0.1, 0.15) is 11.2 Å². The molecule has 2 aliphatic carbocycles. The van der Waals surface area contributed by atoms with Crippen molar-refractivity contribution in [1.29, 1.82) is 0 Å². The molecule has 0 amide bonds. The maximum atomic E-state index is 9.97. The third kappa shape index (κ3) is 5.87. The van der Waals surface area contributed by atoms with E-state index in [2.05, 4.69) is 63.6 Å². The molecule has 40 heavy (non-hydrogen) atoms. The number of aliphatic hydroxyl groups excluding tert-OH is 2. The predicted octanol–water partition coefficient (Wildman–Crippen LogP) is 4.69. The van der Waals surface area contributed by atoms with Gasteiger partial charge in [0.15, 0.2) is 0 Å². The van der Waals surface area contributed by atoms with E-state index < -0.39 is 23.4 Å². The zero-order valence-corrected chi connectivity index (χ0v) is 25.0. The lowest BCUT2D eigenvalue weighted by atomic mass is 9.71. The summed E-state index contributed by atoms with van der Waals surface area (Å²) >= 11 is 0. The van der Waals surface area contributed by atoms with Crippen LogP contribution in [0.15, 0.2) is 24.5 Å². The van der Waals surface area contributed by atoms with Gasteiger partial charge < -0.3 is 31.2 Å². The Morgan fingerprint density at radius 2 is 1.12 bits per heavy atom. The minimum absolute atomic E-state index is 0.0962.